The molecule has 1 atom stereocenters. The molecular formula is C13H23ClN4O2. The number of aromatic nitrogens is 2. The fraction of sp³-hybridized carbons (Fsp3) is 0.692. The molecule has 1 unspecified atom stereocenters. The number of nitrogens with zero attached hydrogens (tertiary/aromatic N) is 3. The molecule has 0 bridgehead atoms. The van der Waals surface area contributed by atoms with Gasteiger partial charge in [-0.05, 0) is 27.9 Å². The van der Waals surface area contributed by atoms with Crippen LogP contribution in [-0.4, -0.2) is 54.6 Å². The average molecular weight is 303 g/mol. The summed E-state index contributed by atoms with van der Waals surface area (Å²) >= 11 is 6.08. The van der Waals surface area contributed by atoms with Gasteiger partial charge in [-0.2, -0.15) is 5.10 Å². The first-order valence-corrected chi connectivity index (χ1v) is 7.09. The van der Waals surface area contributed by atoms with Crippen molar-refractivity contribution in [2.45, 2.75) is 26.5 Å². The Hall–Kier alpha value is -1.11. The van der Waals surface area contributed by atoms with Crippen LogP contribution in [0, 0.1) is 0 Å². The number of rotatable bonds is 8. The van der Waals surface area contributed by atoms with Gasteiger partial charge in [0.05, 0.1) is 24.5 Å². The molecule has 0 saturated heterocycles. The van der Waals surface area contributed by atoms with E-state index < -0.39 is 0 Å². The highest BCUT2D eigenvalue weighted by atomic mass is 35.5. The predicted molar refractivity (Wildman–Crippen MR) is 81.6 cm³/mol. The summed E-state index contributed by atoms with van der Waals surface area (Å²) in [6, 6.07) is 0. The number of nitrogens with one attached hydrogen (secondary N) is 1. The van der Waals surface area contributed by atoms with Gasteiger partial charge in [-0.25, -0.2) is 4.68 Å². The van der Waals surface area contributed by atoms with Crippen LogP contribution in [0.2, 0.25) is 5.02 Å². The van der Waals surface area contributed by atoms with Gasteiger partial charge in [0.1, 0.15) is 5.02 Å². The van der Waals surface area contributed by atoms with Crippen molar-refractivity contribution in [3.05, 3.63) is 21.6 Å². The van der Waals surface area contributed by atoms with E-state index in [1.54, 1.807) is 6.20 Å². The summed E-state index contributed by atoms with van der Waals surface area (Å²) in [5.41, 5.74) is 0.270. The van der Waals surface area contributed by atoms with E-state index in [1.165, 1.54) is 4.68 Å². The second-order valence-electron chi connectivity index (χ2n) is 4.85. The van der Waals surface area contributed by atoms with Crippen LogP contribution in [0.3, 0.4) is 0 Å². The van der Waals surface area contributed by atoms with E-state index in [2.05, 4.69) is 10.4 Å². The van der Waals surface area contributed by atoms with E-state index in [1.807, 2.05) is 32.8 Å². The SMILES string of the molecule is CCOC(C)CNc1cnn(CCN(C)C)c(=O)c1Cl. The third-order valence-corrected chi connectivity index (χ3v) is 3.14. The Kier molecular flexibility index (Phi) is 6.98. The van der Waals surface area contributed by atoms with Crippen molar-refractivity contribution in [1.29, 1.82) is 0 Å². The van der Waals surface area contributed by atoms with Crippen LogP contribution in [0.1, 0.15) is 13.8 Å². The molecule has 0 aromatic carbocycles. The maximum Gasteiger partial charge on any atom is 0.287 e. The molecule has 0 aliphatic rings. The highest BCUT2D eigenvalue weighted by molar-refractivity contribution is 6.32. The number of likely N-dealkylation sites (N-methyl/N-ethyl adjacent to an activating group) is 1. The first-order valence-electron chi connectivity index (χ1n) is 6.71. The summed E-state index contributed by atoms with van der Waals surface area (Å²) in [7, 11) is 3.88. The van der Waals surface area contributed by atoms with Crippen molar-refractivity contribution in [2.75, 3.05) is 39.1 Å². The van der Waals surface area contributed by atoms with Gasteiger partial charge in [0, 0.05) is 19.7 Å². The minimum absolute atomic E-state index is 0.0484. The van der Waals surface area contributed by atoms with Crippen LogP contribution in [0.4, 0.5) is 5.69 Å². The Bertz CT molecular complexity index is 476. The van der Waals surface area contributed by atoms with Gasteiger partial charge < -0.3 is 15.0 Å². The zero-order valence-electron chi connectivity index (χ0n) is 12.5. The highest BCUT2D eigenvalue weighted by Gasteiger charge is 2.10. The lowest BCUT2D eigenvalue weighted by molar-refractivity contribution is 0.0855. The average Bonchev–Trinajstić information content (AvgIpc) is 2.39. The van der Waals surface area contributed by atoms with E-state index in [4.69, 9.17) is 16.3 Å². The molecule has 0 fully saturated rings. The van der Waals surface area contributed by atoms with E-state index in [0.29, 0.717) is 25.4 Å². The number of hydrogen-bond acceptors (Lipinski definition) is 5. The summed E-state index contributed by atoms with van der Waals surface area (Å²) < 4.78 is 6.78. The number of hydrogen-bond donors (Lipinski definition) is 1. The van der Waals surface area contributed by atoms with E-state index in [0.717, 1.165) is 6.54 Å². The zero-order valence-corrected chi connectivity index (χ0v) is 13.3. The van der Waals surface area contributed by atoms with Gasteiger partial charge in [0.2, 0.25) is 0 Å². The molecule has 20 heavy (non-hydrogen) atoms. The molecule has 114 valence electrons. The van der Waals surface area contributed by atoms with Gasteiger partial charge in [-0.1, -0.05) is 11.6 Å². The lowest BCUT2D eigenvalue weighted by atomic mass is 10.3. The smallest absolute Gasteiger partial charge is 0.287 e. The lowest BCUT2D eigenvalue weighted by Crippen LogP contribution is -2.30. The van der Waals surface area contributed by atoms with Crippen LogP contribution in [0.15, 0.2) is 11.0 Å². The maximum absolute atomic E-state index is 12.1. The quantitative estimate of drug-likeness (QED) is 0.784. The van der Waals surface area contributed by atoms with Crippen LogP contribution in [-0.2, 0) is 11.3 Å². The van der Waals surface area contributed by atoms with Crippen molar-refractivity contribution in [1.82, 2.24) is 14.7 Å². The molecule has 1 aromatic rings. The third kappa shape index (κ3) is 5.11. The minimum Gasteiger partial charge on any atom is -0.380 e. The van der Waals surface area contributed by atoms with E-state index >= 15 is 0 Å². The Morgan fingerprint density at radius 1 is 1.55 bits per heavy atom. The van der Waals surface area contributed by atoms with Gasteiger partial charge in [0.25, 0.3) is 5.56 Å². The molecular weight excluding hydrogens is 280 g/mol. The number of halogens is 1. The molecule has 1 N–H and O–H groups in total. The summed E-state index contributed by atoms with van der Waals surface area (Å²) in [6.07, 6.45) is 1.63. The minimum atomic E-state index is -0.275. The van der Waals surface area contributed by atoms with Crippen LogP contribution in [0.25, 0.3) is 0 Å². The van der Waals surface area contributed by atoms with Crippen LogP contribution >= 0.6 is 11.6 Å². The van der Waals surface area contributed by atoms with Crippen molar-refractivity contribution in [3.63, 3.8) is 0 Å². The van der Waals surface area contributed by atoms with Crippen LogP contribution in [0.5, 0.6) is 0 Å². The molecule has 0 saturated carbocycles. The normalized spacial score (nSPS) is 12.7. The largest absolute Gasteiger partial charge is 0.380 e. The second-order valence-corrected chi connectivity index (χ2v) is 5.23. The van der Waals surface area contributed by atoms with Crippen molar-refractivity contribution in [2.24, 2.45) is 0 Å². The molecule has 0 aliphatic carbocycles. The van der Waals surface area contributed by atoms with Gasteiger partial charge in [0.15, 0.2) is 0 Å². The Balaban J connectivity index is 2.71. The van der Waals surface area contributed by atoms with Gasteiger partial charge >= 0.3 is 0 Å². The summed E-state index contributed by atoms with van der Waals surface area (Å²) in [4.78, 5) is 14.0. The highest BCUT2D eigenvalue weighted by Crippen LogP contribution is 2.15. The predicted octanol–water partition coefficient (Wildman–Crippen LogP) is 1.30. The molecule has 1 rings (SSSR count). The van der Waals surface area contributed by atoms with E-state index in [9.17, 15) is 4.79 Å². The number of anilines is 1. The Morgan fingerprint density at radius 3 is 2.85 bits per heavy atom. The number of ether oxygens (including phenoxy) is 1. The lowest BCUT2D eigenvalue weighted by Gasteiger charge is -2.15. The molecule has 6 nitrogen and oxygen atoms in total. The Morgan fingerprint density at radius 2 is 2.25 bits per heavy atom. The van der Waals surface area contributed by atoms with E-state index in [-0.39, 0.29) is 16.7 Å². The van der Waals surface area contributed by atoms with Gasteiger partial charge in [-0.3, -0.25) is 4.79 Å². The topological polar surface area (TPSA) is 59.4 Å². The zero-order chi connectivity index (χ0) is 15.1. The van der Waals surface area contributed by atoms with Gasteiger partial charge in [-0.15, -0.1) is 0 Å². The Labute approximate surface area is 124 Å². The first kappa shape index (κ1) is 16.9. The first-order chi connectivity index (χ1) is 9.45. The van der Waals surface area contributed by atoms with Crippen molar-refractivity contribution >= 4 is 17.3 Å². The molecule has 1 heterocycles. The molecule has 0 amide bonds. The second kappa shape index (κ2) is 8.24. The molecule has 0 spiro atoms. The summed E-state index contributed by atoms with van der Waals surface area (Å²) in [5, 5.41) is 7.38. The standard InChI is InChI=1S/C13H23ClN4O2/c1-5-20-10(2)8-15-11-9-16-18(7-6-17(3)4)13(19)12(11)14/h9-10,15H,5-8H2,1-4H3. The fourth-order valence-corrected chi connectivity index (χ4v) is 1.85. The van der Waals surface area contributed by atoms with Crippen molar-refractivity contribution in [3.8, 4) is 0 Å². The third-order valence-electron chi connectivity index (χ3n) is 2.78. The summed E-state index contributed by atoms with van der Waals surface area (Å²) in [5.74, 6) is 0. The molecule has 1 aromatic heterocycles. The summed E-state index contributed by atoms with van der Waals surface area (Å²) in [6.45, 7) is 6.38. The molecule has 0 radical (unpaired) electrons. The van der Waals surface area contributed by atoms with Crippen molar-refractivity contribution < 1.29 is 4.74 Å². The molecule has 0 aliphatic heterocycles. The maximum atomic E-state index is 12.1. The fourth-order valence-electron chi connectivity index (χ4n) is 1.64. The monoisotopic (exact) mass is 302 g/mol. The van der Waals surface area contributed by atoms with Crippen LogP contribution < -0.4 is 10.9 Å². The molecule has 7 heteroatoms.